The molecule has 1 aromatic carbocycles. The average molecular weight is 386 g/mol. The van der Waals surface area contributed by atoms with Crippen LogP contribution in [0.1, 0.15) is 43.2 Å². The molecule has 142 valence electrons. The van der Waals surface area contributed by atoms with Gasteiger partial charge in [-0.2, -0.15) is 0 Å². The summed E-state index contributed by atoms with van der Waals surface area (Å²) in [5.74, 6) is 0.160. The molecule has 0 fully saturated rings. The molecule has 1 unspecified atom stereocenters. The second-order valence-electron chi connectivity index (χ2n) is 7.45. The number of amidine groups is 1. The minimum absolute atomic E-state index is 0.0330. The lowest BCUT2D eigenvalue weighted by Gasteiger charge is -2.23. The van der Waals surface area contributed by atoms with Crippen molar-refractivity contribution in [1.82, 2.24) is 10.3 Å². The largest absolute Gasteiger partial charge is 0.390 e. The summed E-state index contributed by atoms with van der Waals surface area (Å²) >= 11 is 1.37. The van der Waals surface area contributed by atoms with Crippen molar-refractivity contribution in [3.8, 4) is 0 Å². The second kappa shape index (κ2) is 7.87. The maximum Gasteiger partial charge on any atom is 0.275 e. The lowest BCUT2D eigenvalue weighted by Crippen LogP contribution is -2.34. The Morgan fingerprint density at radius 3 is 2.56 bits per heavy atom. The molecule has 1 aliphatic rings. The molecular formula is C19H22N4O3S. The van der Waals surface area contributed by atoms with E-state index in [4.69, 9.17) is 4.84 Å². The predicted octanol–water partition coefficient (Wildman–Crippen LogP) is 3.20. The molecule has 2 heterocycles. The smallest absolute Gasteiger partial charge is 0.275 e. The van der Waals surface area contributed by atoms with Gasteiger partial charge in [-0.3, -0.25) is 9.59 Å². The standard InChI is InChI=1S/C19H22N4O3S/c1-19(2,3)15-9-16(23-26-15)22-17(24)8-12-4-6-13(7-5-12)21-18(25)14-10-27-11-20-14/h4-7,10-11,15H,8-9H2,1-3H3,(H,21,25)(H,22,23,24). The molecule has 2 amide bonds. The third-order valence-corrected chi connectivity index (χ3v) is 4.75. The van der Waals surface area contributed by atoms with E-state index in [9.17, 15) is 9.59 Å². The van der Waals surface area contributed by atoms with E-state index < -0.39 is 0 Å². The highest BCUT2D eigenvalue weighted by Gasteiger charge is 2.32. The van der Waals surface area contributed by atoms with Gasteiger partial charge in [0.2, 0.25) is 5.91 Å². The summed E-state index contributed by atoms with van der Waals surface area (Å²) in [4.78, 5) is 33.6. The average Bonchev–Trinajstić information content (AvgIpc) is 3.27. The zero-order chi connectivity index (χ0) is 19.4. The fourth-order valence-electron chi connectivity index (χ4n) is 2.53. The summed E-state index contributed by atoms with van der Waals surface area (Å²) in [5.41, 5.74) is 3.45. The van der Waals surface area contributed by atoms with Crippen LogP contribution in [0.3, 0.4) is 0 Å². The first kappa shape index (κ1) is 19.0. The fraction of sp³-hybridized carbons (Fsp3) is 0.368. The van der Waals surface area contributed by atoms with Crippen LogP contribution in [0.4, 0.5) is 5.69 Å². The number of thiazole rings is 1. The molecule has 1 atom stereocenters. The van der Waals surface area contributed by atoms with E-state index in [1.807, 2.05) is 0 Å². The third-order valence-electron chi connectivity index (χ3n) is 4.16. The van der Waals surface area contributed by atoms with Gasteiger partial charge >= 0.3 is 0 Å². The Morgan fingerprint density at radius 2 is 1.96 bits per heavy atom. The highest BCUT2D eigenvalue weighted by atomic mass is 32.1. The molecule has 1 aliphatic heterocycles. The summed E-state index contributed by atoms with van der Waals surface area (Å²) in [6.45, 7) is 6.23. The number of nitrogens with zero attached hydrogens (tertiary/aromatic N) is 2. The number of aromatic nitrogens is 1. The van der Waals surface area contributed by atoms with Crippen molar-refractivity contribution in [3.05, 3.63) is 46.4 Å². The van der Waals surface area contributed by atoms with Gasteiger partial charge in [0.15, 0.2) is 5.84 Å². The van der Waals surface area contributed by atoms with Crippen LogP contribution in [-0.4, -0.2) is 28.7 Å². The van der Waals surface area contributed by atoms with Crippen LogP contribution in [0.25, 0.3) is 0 Å². The van der Waals surface area contributed by atoms with Crippen LogP contribution < -0.4 is 10.6 Å². The van der Waals surface area contributed by atoms with E-state index >= 15 is 0 Å². The molecule has 2 aromatic rings. The quantitative estimate of drug-likeness (QED) is 0.844. The van der Waals surface area contributed by atoms with Gasteiger partial charge in [0.1, 0.15) is 11.8 Å². The van der Waals surface area contributed by atoms with Crippen molar-refractivity contribution < 1.29 is 14.4 Å². The fourth-order valence-corrected chi connectivity index (χ4v) is 3.06. The maximum atomic E-state index is 12.2. The molecule has 27 heavy (non-hydrogen) atoms. The van der Waals surface area contributed by atoms with Crippen molar-refractivity contribution in [3.63, 3.8) is 0 Å². The number of carbonyl (C=O) groups is 2. The van der Waals surface area contributed by atoms with Crippen LogP contribution in [0.5, 0.6) is 0 Å². The molecule has 3 rings (SSSR count). The summed E-state index contributed by atoms with van der Waals surface area (Å²) in [6, 6.07) is 7.14. The van der Waals surface area contributed by atoms with Gasteiger partial charge in [-0.1, -0.05) is 38.1 Å². The van der Waals surface area contributed by atoms with E-state index in [0.717, 1.165) is 5.56 Å². The van der Waals surface area contributed by atoms with Crippen LogP contribution in [0.15, 0.2) is 40.3 Å². The minimum Gasteiger partial charge on any atom is -0.390 e. The van der Waals surface area contributed by atoms with Gasteiger partial charge in [-0.05, 0) is 17.7 Å². The van der Waals surface area contributed by atoms with Gasteiger partial charge in [-0.25, -0.2) is 4.98 Å². The number of anilines is 1. The number of rotatable bonds is 4. The van der Waals surface area contributed by atoms with Crippen molar-refractivity contribution in [2.45, 2.75) is 39.7 Å². The van der Waals surface area contributed by atoms with E-state index in [1.54, 1.807) is 35.2 Å². The van der Waals surface area contributed by atoms with Gasteiger partial charge in [0.05, 0.1) is 11.9 Å². The molecule has 8 heteroatoms. The number of oxime groups is 1. The summed E-state index contributed by atoms with van der Waals surface area (Å²) in [5, 5.41) is 11.2. The zero-order valence-electron chi connectivity index (χ0n) is 15.5. The summed E-state index contributed by atoms with van der Waals surface area (Å²) < 4.78 is 0. The van der Waals surface area contributed by atoms with E-state index in [-0.39, 0.29) is 29.8 Å². The van der Waals surface area contributed by atoms with Crippen LogP contribution in [0.2, 0.25) is 0 Å². The molecule has 0 aliphatic carbocycles. The lowest BCUT2D eigenvalue weighted by atomic mass is 9.87. The first-order valence-corrected chi connectivity index (χ1v) is 9.56. The van der Waals surface area contributed by atoms with Gasteiger partial charge in [-0.15, -0.1) is 11.3 Å². The third kappa shape index (κ3) is 5.13. The number of nitrogens with one attached hydrogen (secondary N) is 2. The number of carbonyl (C=O) groups excluding carboxylic acids is 2. The number of benzene rings is 1. The molecule has 0 radical (unpaired) electrons. The number of hydrogen-bond acceptors (Lipinski definition) is 6. The Hall–Kier alpha value is -2.74. The van der Waals surface area contributed by atoms with Crippen LogP contribution >= 0.6 is 11.3 Å². The molecule has 0 saturated heterocycles. The minimum atomic E-state index is -0.255. The highest BCUT2D eigenvalue weighted by molar-refractivity contribution is 7.07. The van der Waals surface area contributed by atoms with Crippen molar-refractivity contribution >= 4 is 34.7 Å². The van der Waals surface area contributed by atoms with Crippen molar-refractivity contribution in [1.29, 1.82) is 0 Å². The molecule has 0 saturated carbocycles. The highest BCUT2D eigenvalue weighted by Crippen LogP contribution is 2.28. The second-order valence-corrected chi connectivity index (χ2v) is 8.17. The Bertz CT molecular complexity index is 839. The molecule has 0 bridgehead atoms. The van der Waals surface area contributed by atoms with Crippen LogP contribution in [-0.2, 0) is 16.1 Å². The Kier molecular flexibility index (Phi) is 5.55. The van der Waals surface area contributed by atoms with E-state index in [2.05, 4.69) is 41.5 Å². The normalized spacial score (nSPS) is 16.4. The van der Waals surface area contributed by atoms with E-state index in [0.29, 0.717) is 23.6 Å². The van der Waals surface area contributed by atoms with Gasteiger partial charge < -0.3 is 15.5 Å². The number of amides is 2. The lowest BCUT2D eigenvalue weighted by molar-refractivity contribution is -0.119. The first-order chi connectivity index (χ1) is 12.8. The predicted molar refractivity (Wildman–Crippen MR) is 105 cm³/mol. The summed E-state index contributed by atoms with van der Waals surface area (Å²) in [7, 11) is 0. The molecule has 1 aromatic heterocycles. The number of hydrogen-bond donors (Lipinski definition) is 2. The zero-order valence-corrected chi connectivity index (χ0v) is 16.3. The summed E-state index contributed by atoms with van der Waals surface area (Å²) in [6.07, 6.45) is 0.782. The van der Waals surface area contributed by atoms with Crippen LogP contribution in [0, 0.1) is 5.41 Å². The molecule has 2 N–H and O–H groups in total. The molecule has 0 spiro atoms. The molecular weight excluding hydrogens is 364 g/mol. The van der Waals surface area contributed by atoms with Gasteiger partial charge in [0, 0.05) is 22.9 Å². The van der Waals surface area contributed by atoms with Gasteiger partial charge in [0.25, 0.3) is 5.91 Å². The maximum absolute atomic E-state index is 12.2. The SMILES string of the molecule is CC(C)(C)C1CC(NC(=O)Cc2ccc(NC(=O)c3cscn3)cc2)=NO1. The Balaban J connectivity index is 1.50. The van der Waals surface area contributed by atoms with E-state index in [1.165, 1.54) is 11.3 Å². The topological polar surface area (TPSA) is 92.7 Å². The first-order valence-electron chi connectivity index (χ1n) is 8.62. The monoisotopic (exact) mass is 386 g/mol. The van der Waals surface area contributed by atoms with Crippen molar-refractivity contribution in [2.24, 2.45) is 10.6 Å². The van der Waals surface area contributed by atoms with Crippen molar-refractivity contribution in [2.75, 3.05) is 5.32 Å². The molecule has 7 nitrogen and oxygen atoms in total. The Labute approximate surface area is 161 Å². The Morgan fingerprint density at radius 1 is 1.22 bits per heavy atom.